The van der Waals surface area contributed by atoms with Crippen LogP contribution in [0, 0.1) is 0 Å². The number of nitrogens with zero attached hydrogens (tertiary/aromatic N) is 1. The quantitative estimate of drug-likeness (QED) is 0.664. The molecule has 1 saturated carbocycles. The Morgan fingerprint density at radius 2 is 2.25 bits per heavy atom. The van der Waals surface area contributed by atoms with Crippen LogP contribution in [-0.2, 0) is 14.8 Å². The van der Waals surface area contributed by atoms with Gasteiger partial charge in [0.1, 0.15) is 4.90 Å². The van der Waals surface area contributed by atoms with Gasteiger partial charge < -0.3 is 10.1 Å². The SMILES string of the molecule is COC(C)CNC(=O)c1n[nH]c(C2CC2)c1S(N)(=O)=O. The fourth-order valence-corrected chi connectivity index (χ4v) is 2.77. The largest absolute Gasteiger partial charge is 0.380 e. The highest BCUT2D eigenvalue weighted by Crippen LogP contribution is 2.42. The van der Waals surface area contributed by atoms with Crippen LogP contribution in [0.15, 0.2) is 4.90 Å². The summed E-state index contributed by atoms with van der Waals surface area (Å²) in [6.45, 7) is 2.03. The van der Waals surface area contributed by atoms with Gasteiger partial charge in [0.2, 0.25) is 10.0 Å². The highest BCUT2D eigenvalue weighted by atomic mass is 32.2. The van der Waals surface area contributed by atoms with Crippen molar-refractivity contribution in [1.29, 1.82) is 0 Å². The van der Waals surface area contributed by atoms with Gasteiger partial charge in [-0.3, -0.25) is 9.89 Å². The van der Waals surface area contributed by atoms with E-state index in [1.165, 1.54) is 7.11 Å². The van der Waals surface area contributed by atoms with Gasteiger partial charge in [0.25, 0.3) is 5.91 Å². The van der Waals surface area contributed by atoms with Crippen molar-refractivity contribution in [2.75, 3.05) is 13.7 Å². The van der Waals surface area contributed by atoms with Gasteiger partial charge in [-0.2, -0.15) is 5.10 Å². The lowest BCUT2D eigenvalue weighted by Gasteiger charge is -2.10. The lowest BCUT2D eigenvalue weighted by Crippen LogP contribution is -2.33. The average Bonchev–Trinajstić information content (AvgIpc) is 3.12. The molecule has 0 saturated heterocycles. The Morgan fingerprint density at radius 3 is 2.75 bits per heavy atom. The Kier molecular flexibility index (Phi) is 4.11. The van der Waals surface area contributed by atoms with E-state index in [2.05, 4.69) is 15.5 Å². The number of rotatable bonds is 6. The van der Waals surface area contributed by atoms with Crippen molar-refractivity contribution < 1.29 is 17.9 Å². The molecule has 0 spiro atoms. The average molecular weight is 302 g/mol. The molecule has 2 rings (SSSR count). The zero-order valence-electron chi connectivity index (χ0n) is 11.3. The third-order valence-corrected chi connectivity index (χ3v) is 4.17. The fourth-order valence-electron chi connectivity index (χ4n) is 1.84. The number of hydrogen-bond donors (Lipinski definition) is 3. The summed E-state index contributed by atoms with van der Waals surface area (Å²) >= 11 is 0. The summed E-state index contributed by atoms with van der Waals surface area (Å²) in [5, 5.41) is 14.2. The molecule has 0 aliphatic heterocycles. The molecule has 112 valence electrons. The van der Waals surface area contributed by atoms with Crippen molar-refractivity contribution in [3.8, 4) is 0 Å². The molecule has 9 heteroatoms. The van der Waals surface area contributed by atoms with Gasteiger partial charge >= 0.3 is 0 Å². The highest BCUT2D eigenvalue weighted by Gasteiger charge is 2.35. The van der Waals surface area contributed by atoms with Crippen LogP contribution >= 0.6 is 0 Å². The van der Waals surface area contributed by atoms with Crippen LogP contribution in [0.2, 0.25) is 0 Å². The predicted molar refractivity (Wildman–Crippen MR) is 70.7 cm³/mol. The topological polar surface area (TPSA) is 127 Å². The van der Waals surface area contributed by atoms with Crippen LogP contribution in [0.4, 0.5) is 0 Å². The summed E-state index contributed by atoms with van der Waals surface area (Å²) in [5.74, 6) is -0.489. The van der Waals surface area contributed by atoms with E-state index in [0.717, 1.165) is 12.8 Å². The van der Waals surface area contributed by atoms with E-state index in [4.69, 9.17) is 9.88 Å². The van der Waals surface area contributed by atoms with Gasteiger partial charge in [-0.05, 0) is 19.8 Å². The first-order chi connectivity index (χ1) is 9.34. The number of aromatic amines is 1. The number of methoxy groups -OCH3 is 1. The van der Waals surface area contributed by atoms with E-state index in [1.54, 1.807) is 6.92 Å². The van der Waals surface area contributed by atoms with E-state index < -0.39 is 15.9 Å². The second-order valence-electron chi connectivity index (χ2n) is 4.89. The summed E-state index contributed by atoms with van der Waals surface area (Å²) in [4.78, 5) is 11.8. The number of primary sulfonamides is 1. The Morgan fingerprint density at radius 1 is 1.60 bits per heavy atom. The van der Waals surface area contributed by atoms with Crippen LogP contribution in [0.3, 0.4) is 0 Å². The van der Waals surface area contributed by atoms with E-state index in [0.29, 0.717) is 5.69 Å². The third-order valence-electron chi connectivity index (χ3n) is 3.19. The Hall–Kier alpha value is -1.45. The summed E-state index contributed by atoms with van der Waals surface area (Å²) < 4.78 is 28.4. The molecule has 1 aromatic heterocycles. The highest BCUT2D eigenvalue weighted by molar-refractivity contribution is 7.89. The number of aromatic nitrogens is 2. The molecule has 0 radical (unpaired) electrons. The maximum Gasteiger partial charge on any atom is 0.273 e. The molecule has 0 aromatic carbocycles. The van der Waals surface area contributed by atoms with E-state index in [1.807, 2.05) is 0 Å². The molecule has 1 amide bonds. The Labute approximate surface area is 117 Å². The first-order valence-electron chi connectivity index (χ1n) is 6.26. The van der Waals surface area contributed by atoms with Crippen molar-refractivity contribution in [3.05, 3.63) is 11.4 Å². The molecular weight excluding hydrogens is 284 g/mol. The molecule has 1 heterocycles. The number of hydrogen-bond acceptors (Lipinski definition) is 5. The van der Waals surface area contributed by atoms with E-state index in [9.17, 15) is 13.2 Å². The van der Waals surface area contributed by atoms with Crippen molar-refractivity contribution in [2.24, 2.45) is 5.14 Å². The summed E-state index contributed by atoms with van der Waals surface area (Å²) in [6.07, 6.45) is 1.55. The smallest absolute Gasteiger partial charge is 0.273 e. The second kappa shape index (κ2) is 5.51. The maximum absolute atomic E-state index is 12.0. The van der Waals surface area contributed by atoms with Gasteiger partial charge in [-0.1, -0.05) is 0 Å². The van der Waals surface area contributed by atoms with Gasteiger partial charge in [-0.25, -0.2) is 13.6 Å². The molecular formula is C11H18N4O4S. The lowest BCUT2D eigenvalue weighted by atomic mass is 10.2. The van der Waals surface area contributed by atoms with Crippen molar-refractivity contribution in [2.45, 2.75) is 36.7 Å². The zero-order valence-corrected chi connectivity index (χ0v) is 12.2. The van der Waals surface area contributed by atoms with Crippen LogP contribution in [0.5, 0.6) is 0 Å². The minimum Gasteiger partial charge on any atom is -0.380 e. The minimum atomic E-state index is -4.00. The first-order valence-corrected chi connectivity index (χ1v) is 7.81. The first kappa shape index (κ1) is 14.9. The number of carbonyl (C=O) groups excluding carboxylic acids is 1. The van der Waals surface area contributed by atoms with Crippen LogP contribution < -0.4 is 10.5 Å². The molecule has 1 unspecified atom stereocenters. The Bertz CT molecular complexity index is 606. The van der Waals surface area contributed by atoms with E-state index >= 15 is 0 Å². The lowest BCUT2D eigenvalue weighted by molar-refractivity contribution is 0.0863. The van der Waals surface area contributed by atoms with Crippen LogP contribution in [0.1, 0.15) is 41.9 Å². The summed E-state index contributed by atoms with van der Waals surface area (Å²) in [5.41, 5.74) is 0.246. The van der Waals surface area contributed by atoms with Gasteiger partial charge in [0.05, 0.1) is 11.8 Å². The predicted octanol–water partition coefficient (Wildman–Crippen LogP) is -0.301. The number of ether oxygens (including phenoxy) is 1. The van der Waals surface area contributed by atoms with Crippen molar-refractivity contribution in [3.63, 3.8) is 0 Å². The van der Waals surface area contributed by atoms with Crippen LogP contribution in [-0.4, -0.2) is 44.3 Å². The minimum absolute atomic E-state index is 0.0928. The molecule has 1 atom stereocenters. The normalized spacial score (nSPS) is 16.9. The molecule has 4 N–H and O–H groups in total. The fraction of sp³-hybridized carbons (Fsp3) is 0.636. The maximum atomic E-state index is 12.0. The molecule has 0 bridgehead atoms. The Balaban J connectivity index is 2.25. The molecule has 1 aromatic rings. The standard InChI is InChI=1S/C11H18N4O4S/c1-6(19-2)5-13-11(16)9-10(20(12,17)18)8(14-15-9)7-3-4-7/h6-7H,3-5H2,1-2H3,(H,13,16)(H,14,15)(H2,12,17,18). The van der Waals surface area contributed by atoms with Gasteiger partial charge in [0, 0.05) is 19.6 Å². The number of carbonyl (C=O) groups is 1. The van der Waals surface area contributed by atoms with Crippen molar-refractivity contribution >= 4 is 15.9 Å². The monoisotopic (exact) mass is 302 g/mol. The number of sulfonamides is 1. The number of nitrogens with two attached hydrogens (primary N) is 1. The third kappa shape index (κ3) is 3.17. The number of H-pyrrole nitrogens is 1. The number of nitrogens with one attached hydrogen (secondary N) is 2. The molecule has 1 aliphatic carbocycles. The molecule has 1 aliphatic rings. The van der Waals surface area contributed by atoms with Gasteiger partial charge in [-0.15, -0.1) is 0 Å². The summed E-state index contributed by atoms with van der Waals surface area (Å²) in [6, 6.07) is 0. The van der Waals surface area contributed by atoms with Crippen LogP contribution in [0.25, 0.3) is 0 Å². The second-order valence-corrected chi connectivity index (χ2v) is 6.39. The molecule has 8 nitrogen and oxygen atoms in total. The molecule has 1 fully saturated rings. The number of amides is 1. The van der Waals surface area contributed by atoms with Crippen molar-refractivity contribution in [1.82, 2.24) is 15.5 Å². The molecule has 20 heavy (non-hydrogen) atoms. The zero-order chi connectivity index (χ0) is 14.9. The van der Waals surface area contributed by atoms with Gasteiger partial charge in [0.15, 0.2) is 5.69 Å². The summed E-state index contributed by atoms with van der Waals surface area (Å²) in [7, 11) is -2.48. The van der Waals surface area contributed by atoms with E-state index in [-0.39, 0.29) is 29.2 Å².